The van der Waals surface area contributed by atoms with E-state index >= 15 is 0 Å². The van der Waals surface area contributed by atoms with Crippen molar-refractivity contribution in [2.75, 3.05) is 6.54 Å². The van der Waals surface area contributed by atoms with Crippen molar-refractivity contribution in [3.8, 4) is 0 Å². The number of halogens is 3. The first-order valence-corrected chi connectivity index (χ1v) is 11.7. The smallest absolute Gasteiger partial charge is 0.332 e. The van der Waals surface area contributed by atoms with Crippen LogP contribution in [0.15, 0.2) is 72.9 Å². The van der Waals surface area contributed by atoms with E-state index in [0.29, 0.717) is 41.9 Å². The molecular formula is C27H23F3N4O2. The number of likely N-dealkylation sites (tertiary alicyclic amines) is 1. The summed E-state index contributed by atoms with van der Waals surface area (Å²) in [7, 11) is 0. The van der Waals surface area contributed by atoms with E-state index in [-0.39, 0.29) is 17.3 Å². The Bertz CT molecular complexity index is 1430. The van der Waals surface area contributed by atoms with Crippen molar-refractivity contribution >= 4 is 17.3 Å². The van der Waals surface area contributed by atoms with Gasteiger partial charge in [0.05, 0.1) is 12.0 Å². The van der Waals surface area contributed by atoms with E-state index in [1.165, 1.54) is 16.7 Å². The Morgan fingerprint density at radius 3 is 2.47 bits per heavy atom. The third-order valence-electron chi connectivity index (χ3n) is 6.66. The molecule has 1 fully saturated rings. The van der Waals surface area contributed by atoms with Crippen LogP contribution in [-0.4, -0.2) is 37.7 Å². The number of benzene rings is 2. The maximum atomic E-state index is 13.6. The molecule has 4 aromatic rings. The summed E-state index contributed by atoms with van der Waals surface area (Å²) in [6.45, 7) is 2.23. The Morgan fingerprint density at radius 1 is 0.972 bits per heavy atom. The first-order valence-electron chi connectivity index (χ1n) is 11.7. The van der Waals surface area contributed by atoms with E-state index < -0.39 is 23.7 Å². The summed E-state index contributed by atoms with van der Waals surface area (Å²) in [6, 6.07) is 17.7. The molecule has 1 aliphatic rings. The van der Waals surface area contributed by atoms with Crippen molar-refractivity contribution in [1.29, 1.82) is 0 Å². The first kappa shape index (κ1) is 23.7. The predicted molar refractivity (Wildman–Crippen MR) is 126 cm³/mol. The molecule has 1 saturated heterocycles. The molecule has 184 valence electrons. The van der Waals surface area contributed by atoms with E-state index in [4.69, 9.17) is 0 Å². The molecule has 0 saturated carbocycles. The van der Waals surface area contributed by atoms with Crippen molar-refractivity contribution in [2.24, 2.45) is 0 Å². The molecule has 9 heteroatoms. The van der Waals surface area contributed by atoms with Crippen molar-refractivity contribution in [2.45, 2.75) is 37.9 Å². The number of carbonyl (C=O) groups is 2. The van der Waals surface area contributed by atoms with Crippen LogP contribution >= 0.6 is 0 Å². The maximum absolute atomic E-state index is 13.6. The standard InChI is InChI=1S/C27H23F3N4O2/c1-17(19-10-5-11-20(16-19)23(35)18-8-3-2-4-9-18)26(36)33-14-7-13-22(33)25-32-31-24-21(27(28,29)30)12-6-15-34(24)25/h2-6,8-12,15-17,22H,7,13-14H2,1H3. The van der Waals surface area contributed by atoms with E-state index in [0.717, 1.165) is 6.07 Å². The predicted octanol–water partition coefficient (Wildman–Crippen LogP) is 5.45. The normalized spacial score (nSPS) is 16.9. The molecule has 0 aliphatic carbocycles. The molecule has 2 aromatic heterocycles. The van der Waals surface area contributed by atoms with Gasteiger partial charge in [-0.1, -0.05) is 48.5 Å². The highest BCUT2D eigenvalue weighted by atomic mass is 19.4. The van der Waals surface area contributed by atoms with Crippen LogP contribution < -0.4 is 0 Å². The molecule has 0 radical (unpaired) electrons. The van der Waals surface area contributed by atoms with Gasteiger partial charge in [0.2, 0.25) is 5.91 Å². The van der Waals surface area contributed by atoms with Gasteiger partial charge in [-0.25, -0.2) is 0 Å². The van der Waals surface area contributed by atoms with Crippen molar-refractivity contribution < 1.29 is 22.8 Å². The Kier molecular flexibility index (Phi) is 6.07. The zero-order valence-electron chi connectivity index (χ0n) is 19.4. The highest BCUT2D eigenvalue weighted by Gasteiger charge is 2.38. The average Bonchev–Trinajstić information content (AvgIpc) is 3.54. The molecule has 1 amide bonds. The summed E-state index contributed by atoms with van der Waals surface area (Å²) in [4.78, 5) is 28.1. The van der Waals surface area contributed by atoms with E-state index in [9.17, 15) is 22.8 Å². The number of carbonyl (C=O) groups excluding carboxylic acids is 2. The van der Waals surface area contributed by atoms with Crippen LogP contribution in [0.3, 0.4) is 0 Å². The Labute approximate surface area is 205 Å². The van der Waals surface area contributed by atoms with E-state index in [2.05, 4.69) is 10.2 Å². The van der Waals surface area contributed by atoms with Crippen LogP contribution in [0.5, 0.6) is 0 Å². The number of hydrogen-bond acceptors (Lipinski definition) is 4. The third kappa shape index (κ3) is 4.25. The second-order valence-corrected chi connectivity index (χ2v) is 8.90. The number of hydrogen-bond donors (Lipinski definition) is 0. The lowest BCUT2D eigenvalue weighted by molar-refractivity contribution is -0.137. The molecule has 2 unspecified atom stereocenters. The van der Waals surface area contributed by atoms with Gasteiger partial charge in [0.1, 0.15) is 5.56 Å². The first-order chi connectivity index (χ1) is 17.3. The fourth-order valence-electron chi connectivity index (χ4n) is 4.78. The minimum atomic E-state index is -4.56. The van der Waals surface area contributed by atoms with Gasteiger partial charge in [0, 0.05) is 23.9 Å². The van der Waals surface area contributed by atoms with Crippen molar-refractivity contribution in [3.63, 3.8) is 0 Å². The molecule has 36 heavy (non-hydrogen) atoms. The van der Waals surface area contributed by atoms with Crippen LogP contribution in [0.4, 0.5) is 13.2 Å². The van der Waals surface area contributed by atoms with Crippen LogP contribution in [0.1, 0.15) is 64.6 Å². The Hall–Kier alpha value is -4.01. The van der Waals surface area contributed by atoms with Crippen LogP contribution in [0.2, 0.25) is 0 Å². The zero-order chi connectivity index (χ0) is 25.4. The summed E-state index contributed by atoms with van der Waals surface area (Å²) in [5, 5.41) is 7.87. The van der Waals surface area contributed by atoms with Crippen molar-refractivity contribution in [1.82, 2.24) is 19.5 Å². The summed E-state index contributed by atoms with van der Waals surface area (Å²) >= 11 is 0. The monoisotopic (exact) mass is 492 g/mol. The lowest BCUT2D eigenvalue weighted by Crippen LogP contribution is -2.34. The van der Waals surface area contributed by atoms with Gasteiger partial charge < -0.3 is 4.90 Å². The molecule has 2 atom stereocenters. The second kappa shape index (κ2) is 9.22. The number of alkyl halides is 3. The van der Waals surface area contributed by atoms with E-state index in [1.54, 1.807) is 60.4 Å². The topological polar surface area (TPSA) is 67.6 Å². The number of aromatic nitrogens is 3. The van der Waals surface area contributed by atoms with Gasteiger partial charge in [-0.05, 0) is 43.5 Å². The lowest BCUT2D eigenvalue weighted by Gasteiger charge is -2.27. The van der Waals surface area contributed by atoms with Crippen molar-refractivity contribution in [3.05, 3.63) is 101 Å². The number of fused-ring (bicyclic) bond motifs is 1. The van der Waals surface area contributed by atoms with Crippen LogP contribution in [-0.2, 0) is 11.0 Å². The van der Waals surface area contributed by atoms with Gasteiger partial charge in [-0.2, -0.15) is 13.2 Å². The number of pyridine rings is 1. The highest BCUT2D eigenvalue weighted by Crippen LogP contribution is 2.36. The van der Waals surface area contributed by atoms with Gasteiger partial charge in [0.15, 0.2) is 17.3 Å². The Morgan fingerprint density at radius 2 is 1.72 bits per heavy atom. The van der Waals surface area contributed by atoms with Gasteiger partial charge >= 0.3 is 6.18 Å². The molecule has 0 N–H and O–H groups in total. The SMILES string of the molecule is CC(C(=O)N1CCCC1c1nnc2c(C(F)(F)F)cccn12)c1cccc(C(=O)c2ccccc2)c1. The van der Waals surface area contributed by atoms with Gasteiger partial charge in [0.25, 0.3) is 0 Å². The fraction of sp³-hybridized carbons (Fsp3) is 0.259. The largest absolute Gasteiger partial charge is 0.420 e. The molecule has 3 heterocycles. The molecular weight excluding hydrogens is 469 g/mol. The average molecular weight is 493 g/mol. The zero-order valence-corrected chi connectivity index (χ0v) is 19.4. The fourth-order valence-corrected chi connectivity index (χ4v) is 4.78. The molecule has 5 rings (SSSR count). The molecule has 0 bridgehead atoms. The summed E-state index contributed by atoms with van der Waals surface area (Å²) < 4.78 is 41.6. The van der Waals surface area contributed by atoms with Crippen LogP contribution in [0, 0.1) is 0 Å². The summed E-state index contributed by atoms with van der Waals surface area (Å²) in [5.74, 6) is -0.557. The third-order valence-corrected chi connectivity index (χ3v) is 6.66. The van der Waals surface area contributed by atoms with Crippen LogP contribution in [0.25, 0.3) is 5.65 Å². The van der Waals surface area contributed by atoms with Gasteiger partial charge in [-0.15, -0.1) is 10.2 Å². The maximum Gasteiger partial charge on any atom is 0.420 e. The number of amides is 1. The molecule has 6 nitrogen and oxygen atoms in total. The van der Waals surface area contributed by atoms with E-state index in [1.807, 2.05) is 6.07 Å². The minimum absolute atomic E-state index is 0.133. The molecule has 2 aromatic carbocycles. The quantitative estimate of drug-likeness (QED) is 0.348. The number of rotatable bonds is 5. The number of nitrogens with zero attached hydrogens (tertiary/aromatic N) is 4. The Balaban J connectivity index is 1.42. The van der Waals surface area contributed by atoms with Gasteiger partial charge in [-0.3, -0.25) is 14.0 Å². The second-order valence-electron chi connectivity index (χ2n) is 8.90. The number of ketones is 1. The highest BCUT2D eigenvalue weighted by molar-refractivity contribution is 6.09. The summed E-state index contributed by atoms with van der Waals surface area (Å²) in [6.07, 6.45) is -1.80. The molecule has 0 spiro atoms. The lowest BCUT2D eigenvalue weighted by atomic mass is 9.94. The molecule has 1 aliphatic heterocycles. The minimum Gasteiger partial charge on any atom is -0.332 e. The summed E-state index contributed by atoms with van der Waals surface area (Å²) in [5.41, 5.74) is 0.592.